The van der Waals surface area contributed by atoms with Crippen LogP contribution in [0, 0.1) is 0 Å². The van der Waals surface area contributed by atoms with Crippen LogP contribution in [-0.4, -0.2) is 15.0 Å². The van der Waals surface area contributed by atoms with E-state index in [0.717, 1.165) is 53.6 Å². The van der Waals surface area contributed by atoms with E-state index in [0.29, 0.717) is 11.1 Å². The van der Waals surface area contributed by atoms with Crippen LogP contribution in [0.2, 0.25) is 0 Å². The molecule has 0 bridgehead atoms. The molecule has 5 heteroatoms. The number of hydrogen-bond acceptors (Lipinski definition) is 5. The van der Waals surface area contributed by atoms with Crippen LogP contribution in [0.1, 0.15) is 12.3 Å². The molecule has 12 rings (SSSR count). The van der Waals surface area contributed by atoms with Crippen LogP contribution < -0.4 is 0 Å². The molecular weight excluding hydrogens is 751 g/mol. The molecule has 3 aromatic heterocycles. The molecule has 12 aromatic rings. The molecule has 4 nitrogen and oxygen atoms in total. The van der Waals surface area contributed by atoms with E-state index in [4.69, 9.17) is 27.6 Å². The topological polar surface area (TPSA) is 51.8 Å². The summed E-state index contributed by atoms with van der Waals surface area (Å²) >= 11 is 1.65. The van der Waals surface area contributed by atoms with Crippen molar-refractivity contribution in [2.45, 2.75) is 0 Å². The molecule has 0 saturated carbocycles. The lowest BCUT2D eigenvalue weighted by Crippen LogP contribution is -2.00. The van der Waals surface area contributed by atoms with Crippen LogP contribution in [0.4, 0.5) is 0 Å². The first-order valence-corrected chi connectivity index (χ1v) is 20.2. The van der Waals surface area contributed by atoms with Crippen LogP contribution >= 0.6 is 11.3 Å². The highest BCUT2D eigenvalue weighted by molar-refractivity contribution is 7.26. The van der Waals surface area contributed by atoms with Gasteiger partial charge in [-0.15, -0.1) is 11.3 Å². The van der Waals surface area contributed by atoms with Crippen molar-refractivity contribution in [3.05, 3.63) is 200 Å². The van der Waals surface area contributed by atoms with E-state index in [9.17, 15) is 4.11 Å². The van der Waals surface area contributed by atoms with Gasteiger partial charge in [-0.25, -0.2) is 15.0 Å². The molecule has 0 fully saturated rings. The SMILES string of the molecule is [2H]c1c([2H])c([2H])c2c(c1[2H])c([2H])c([2H])c1c2oc2c([2H])c(-c3nc(-c4cccc(-c5ccc(-c6ccccc6)cc5)c4)nc(-c4ccc5c(c4)sc4cccc(-c6ccccc6)c45)n3)c([2H])c([2H])c21. The maximum Gasteiger partial charge on any atom is 0.164 e. The highest BCUT2D eigenvalue weighted by Crippen LogP contribution is 2.42. The smallest absolute Gasteiger partial charge is 0.164 e. The summed E-state index contributed by atoms with van der Waals surface area (Å²) in [4.78, 5) is 14.9. The lowest BCUT2D eigenvalue weighted by atomic mass is 9.99. The van der Waals surface area contributed by atoms with E-state index in [2.05, 4.69) is 72.8 Å². The lowest BCUT2D eigenvalue weighted by molar-refractivity contribution is 0.673. The summed E-state index contributed by atoms with van der Waals surface area (Å²) in [5.74, 6) is 0.449. The Morgan fingerprint density at radius 3 is 1.83 bits per heavy atom. The molecule has 0 aliphatic heterocycles. The van der Waals surface area contributed by atoms with Crippen LogP contribution in [-0.2, 0) is 0 Å². The van der Waals surface area contributed by atoms with Crippen molar-refractivity contribution >= 4 is 64.2 Å². The van der Waals surface area contributed by atoms with Crippen molar-refractivity contribution in [3.8, 4) is 67.5 Å². The highest BCUT2D eigenvalue weighted by Gasteiger charge is 2.18. The molecule has 0 amide bonds. The zero-order valence-electron chi connectivity index (χ0n) is 40.5. The van der Waals surface area contributed by atoms with Crippen LogP contribution in [0.15, 0.2) is 204 Å². The van der Waals surface area contributed by atoms with Crippen molar-refractivity contribution in [1.29, 1.82) is 0 Å². The molecule has 0 atom stereocenters. The van der Waals surface area contributed by atoms with Gasteiger partial charge in [0.15, 0.2) is 17.5 Å². The summed E-state index contributed by atoms with van der Waals surface area (Å²) in [5.41, 5.74) is 7.06. The summed E-state index contributed by atoms with van der Waals surface area (Å²) in [6.45, 7) is 0. The maximum absolute atomic E-state index is 9.63. The fourth-order valence-electron chi connectivity index (χ4n) is 7.91. The molecule has 0 radical (unpaired) electrons. The molecule has 3 heterocycles. The number of nitrogens with zero attached hydrogens (tertiary/aromatic N) is 3. The third kappa shape index (κ3) is 5.86. The predicted molar refractivity (Wildman–Crippen MR) is 250 cm³/mol. The van der Waals surface area contributed by atoms with Gasteiger partial charge in [0.05, 0.1) is 12.3 Å². The minimum atomic E-state index is -0.565. The van der Waals surface area contributed by atoms with Crippen molar-refractivity contribution in [1.82, 2.24) is 15.0 Å². The van der Waals surface area contributed by atoms with Crippen molar-refractivity contribution in [2.24, 2.45) is 0 Å². The Morgan fingerprint density at radius 2 is 1.03 bits per heavy atom. The van der Waals surface area contributed by atoms with Gasteiger partial charge in [0, 0.05) is 53.0 Å². The van der Waals surface area contributed by atoms with Crippen molar-refractivity contribution < 1.29 is 16.8 Å². The second kappa shape index (κ2) is 14.0. The predicted octanol–water partition coefficient (Wildman–Crippen LogP) is 15.3. The van der Waals surface area contributed by atoms with Crippen molar-refractivity contribution in [2.75, 3.05) is 0 Å². The van der Waals surface area contributed by atoms with Crippen molar-refractivity contribution in [3.63, 3.8) is 0 Å². The Balaban J connectivity index is 1.07. The first-order valence-electron chi connectivity index (χ1n) is 23.9. The van der Waals surface area contributed by atoms with Gasteiger partial charge < -0.3 is 4.42 Å². The number of aromatic nitrogens is 3. The quantitative estimate of drug-likeness (QED) is 0.168. The number of rotatable bonds is 6. The first-order chi connectivity index (χ1) is 33.5. The minimum absolute atomic E-state index is 0.0691. The second-order valence-corrected chi connectivity index (χ2v) is 15.5. The number of thiophene rings is 1. The summed E-state index contributed by atoms with van der Waals surface area (Å²) in [6.07, 6.45) is 0. The van der Waals surface area contributed by atoms with E-state index in [1.54, 1.807) is 11.3 Å². The lowest BCUT2D eigenvalue weighted by Gasteiger charge is -2.10. The third-order valence-electron chi connectivity index (χ3n) is 10.8. The largest absolute Gasteiger partial charge is 0.455 e. The van der Waals surface area contributed by atoms with Crippen LogP contribution in [0.3, 0.4) is 0 Å². The molecule has 9 aromatic carbocycles. The minimum Gasteiger partial charge on any atom is -0.455 e. The Bertz CT molecular complexity index is 4120. The first kappa shape index (κ1) is 26.3. The van der Waals surface area contributed by atoms with Gasteiger partial charge in [-0.05, 0) is 75.1 Å². The van der Waals surface area contributed by atoms with Gasteiger partial charge in [0.1, 0.15) is 11.2 Å². The molecule has 0 spiro atoms. The number of hydrogen-bond donors (Lipinski definition) is 0. The Kier molecular flexibility index (Phi) is 6.13. The number of fused-ring (bicyclic) bond motifs is 8. The number of benzene rings is 9. The molecular formula is C55H33N3OS. The molecule has 280 valence electrons. The van der Waals surface area contributed by atoms with E-state index in [1.165, 1.54) is 0 Å². The monoisotopic (exact) mass is 792 g/mol. The van der Waals surface area contributed by atoms with Gasteiger partial charge in [-0.2, -0.15) is 0 Å². The average Bonchev–Trinajstić information content (AvgIpc) is 3.98. The highest BCUT2D eigenvalue weighted by atomic mass is 32.1. The van der Waals surface area contributed by atoms with Gasteiger partial charge in [-0.3, -0.25) is 0 Å². The van der Waals surface area contributed by atoms with Crippen LogP contribution in [0.25, 0.3) is 120 Å². The zero-order chi connectivity index (χ0) is 47.4. The standard InChI is InChI=1S/C55H33N3OS/c1-3-11-34(12-4-1)35-21-23-36(24-22-35)39-16-9-17-40(31-39)53-56-54(41-26-28-45-46-29-25-38-15-7-8-18-44(38)52(46)59-48(45)32-41)58-55(57-53)42-27-30-47-50(33-42)60-49-20-10-19-43(51(47)49)37-13-5-2-6-14-37/h1-33H/i7D,8D,15D,18D,25D,26D,28D,29D,32D. The summed E-state index contributed by atoms with van der Waals surface area (Å²) in [7, 11) is 0. The summed E-state index contributed by atoms with van der Waals surface area (Å²) < 4.78 is 88.7. The van der Waals surface area contributed by atoms with Gasteiger partial charge in [0.2, 0.25) is 0 Å². The molecule has 0 aliphatic rings. The average molecular weight is 793 g/mol. The van der Waals surface area contributed by atoms with Crippen LogP contribution in [0.5, 0.6) is 0 Å². The van der Waals surface area contributed by atoms with E-state index < -0.39 is 48.3 Å². The Morgan fingerprint density at radius 1 is 0.417 bits per heavy atom. The summed E-state index contributed by atoms with van der Waals surface area (Å²) in [6, 6.07) is 44.5. The second-order valence-electron chi connectivity index (χ2n) is 14.4. The fourth-order valence-corrected chi connectivity index (χ4v) is 9.08. The zero-order valence-corrected chi connectivity index (χ0v) is 32.3. The van der Waals surface area contributed by atoms with E-state index in [1.807, 2.05) is 72.8 Å². The van der Waals surface area contributed by atoms with E-state index in [-0.39, 0.29) is 61.8 Å². The fraction of sp³-hybridized carbons (Fsp3) is 0. The normalized spacial score (nSPS) is 13.8. The molecule has 0 N–H and O–H groups in total. The van der Waals surface area contributed by atoms with Gasteiger partial charge >= 0.3 is 0 Å². The Hall–Kier alpha value is -7.73. The molecule has 0 aliphatic carbocycles. The van der Waals surface area contributed by atoms with E-state index >= 15 is 0 Å². The molecule has 0 unspecified atom stereocenters. The number of furan rings is 1. The van der Waals surface area contributed by atoms with Gasteiger partial charge in [0.25, 0.3) is 0 Å². The Labute approximate surface area is 362 Å². The molecule has 60 heavy (non-hydrogen) atoms. The maximum atomic E-state index is 9.63. The molecule has 0 saturated heterocycles. The summed E-state index contributed by atoms with van der Waals surface area (Å²) in [5, 5.41) is 1.65. The van der Waals surface area contributed by atoms with Gasteiger partial charge in [-0.1, -0.05) is 164 Å². The third-order valence-corrected chi connectivity index (χ3v) is 11.9.